The van der Waals surface area contributed by atoms with Crippen LogP contribution in [0.5, 0.6) is 0 Å². The maximum atomic E-state index is 11.8. The van der Waals surface area contributed by atoms with Gasteiger partial charge >= 0.3 is 5.97 Å². The van der Waals surface area contributed by atoms with E-state index in [0.717, 1.165) is 25.7 Å². The molecule has 0 aromatic carbocycles. The molecular formula is C13H21NO5. The van der Waals surface area contributed by atoms with Crippen LogP contribution in [-0.2, 0) is 19.1 Å². The van der Waals surface area contributed by atoms with Gasteiger partial charge in [0.1, 0.15) is 0 Å². The zero-order chi connectivity index (χ0) is 13.7. The minimum absolute atomic E-state index is 0.0471. The first-order valence-electron chi connectivity index (χ1n) is 6.89. The fourth-order valence-electron chi connectivity index (χ4n) is 2.90. The van der Waals surface area contributed by atoms with Crippen LogP contribution in [0.25, 0.3) is 0 Å². The smallest absolute Gasteiger partial charge is 0.305 e. The predicted octanol–water partition coefficient (Wildman–Crippen LogP) is 0.901. The van der Waals surface area contributed by atoms with Gasteiger partial charge in [-0.15, -0.1) is 0 Å². The molecule has 0 bridgehead atoms. The Labute approximate surface area is 112 Å². The van der Waals surface area contributed by atoms with Gasteiger partial charge in [-0.1, -0.05) is 6.42 Å². The van der Waals surface area contributed by atoms with E-state index in [1.165, 1.54) is 0 Å². The maximum Gasteiger partial charge on any atom is 0.305 e. The van der Waals surface area contributed by atoms with Crippen molar-refractivity contribution in [2.45, 2.75) is 44.3 Å². The minimum atomic E-state index is -0.906. The van der Waals surface area contributed by atoms with Gasteiger partial charge < -0.3 is 19.9 Å². The molecule has 1 unspecified atom stereocenters. The molecule has 1 amide bonds. The summed E-state index contributed by atoms with van der Waals surface area (Å²) in [5.74, 6) is -1.51. The van der Waals surface area contributed by atoms with E-state index in [1.807, 2.05) is 0 Å². The summed E-state index contributed by atoms with van der Waals surface area (Å²) < 4.78 is 11.5. The largest absolute Gasteiger partial charge is 0.481 e. The zero-order valence-electron chi connectivity index (χ0n) is 11.0. The molecule has 1 aliphatic carbocycles. The van der Waals surface area contributed by atoms with Crippen LogP contribution in [0, 0.1) is 5.92 Å². The molecular weight excluding hydrogens is 250 g/mol. The summed E-state index contributed by atoms with van der Waals surface area (Å²) >= 11 is 0. The van der Waals surface area contributed by atoms with Crippen molar-refractivity contribution < 1.29 is 24.2 Å². The highest BCUT2D eigenvalue weighted by Crippen LogP contribution is 2.42. The topological polar surface area (TPSA) is 84.9 Å². The molecule has 2 aliphatic rings. The van der Waals surface area contributed by atoms with Gasteiger partial charge in [0.05, 0.1) is 19.6 Å². The standard InChI is InChI=1S/C13H21NO5/c15-11(14-6-4-12(16)17)9-10-3-1-2-5-13(10)18-7-8-19-13/h10H,1-9H2,(H,14,15)(H,16,17). The minimum Gasteiger partial charge on any atom is -0.481 e. The summed E-state index contributed by atoms with van der Waals surface area (Å²) in [6.45, 7) is 1.36. The van der Waals surface area contributed by atoms with E-state index in [0.29, 0.717) is 19.6 Å². The van der Waals surface area contributed by atoms with E-state index in [9.17, 15) is 9.59 Å². The molecule has 1 atom stereocenters. The third kappa shape index (κ3) is 3.67. The molecule has 0 radical (unpaired) electrons. The zero-order valence-corrected chi connectivity index (χ0v) is 11.0. The van der Waals surface area contributed by atoms with Crippen molar-refractivity contribution >= 4 is 11.9 Å². The lowest BCUT2D eigenvalue weighted by Gasteiger charge is -2.39. The molecule has 2 N–H and O–H groups in total. The molecule has 0 aromatic rings. The second kappa shape index (κ2) is 6.34. The van der Waals surface area contributed by atoms with Crippen LogP contribution in [0.2, 0.25) is 0 Å². The van der Waals surface area contributed by atoms with E-state index in [4.69, 9.17) is 14.6 Å². The number of carbonyl (C=O) groups excluding carboxylic acids is 1. The lowest BCUT2D eigenvalue weighted by atomic mass is 9.81. The first-order chi connectivity index (χ1) is 9.12. The van der Waals surface area contributed by atoms with Crippen molar-refractivity contribution in [2.75, 3.05) is 19.8 Å². The summed E-state index contributed by atoms with van der Waals surface area (Å²) in [6.07, 6.45) is 4.22. The Hall–Kier alpha value is -1.14. The second-order valence-electron chi connectivity index (χ2n) is 5.15. The monoisotopic (exact) mass is 271 g/mol. The number of aliphatic carboxylic acids is 1. The average Bonchev–Trinajstić information content (AvgIpc) is 2.81. The molecule has 108 valence electrons. The van der Waals surface area contributed by atoms with E-state index in [1.54, 1.807) is 0 Å². The van der Waals surface area contributed by atoms with Crippen LogP contribution in [0.4, 0.5) is 0 Å². The first kappa shape index (κ1) is 14.3. The molecule has 2 fully saturated rings. The van der Waals surface area contributed by atoms with Crippen LogP contribution < -0.4 is 5.32 Å². The Morgan fingerprint density at radius 3 is 2.68 bits per heavy atom. The number of rotatable bonds is 5. The fraction of sp³-hybridized carbons (Fsp3) is 0.846. The van der Waals surface area contributed by atoms with Gasteiger partial charge in [0, 0.05) is 25.3 Å². The first-order valence-corrected chi connectivity index (χ1v) is 6.89. The normalized spacial score (nSPS) is 25.4. The van der Waals surface area contributed by atoms with Gasteiger partial charge in [0.2, 0.25) is 5.91 Å². The van der Waals surface area contributed by atoms with E-state index in [-0.39, 0.29) is 24.8 Å². The van der Waals surface area contributed by atoms with Gasteiger partial charge in [-0.05, 0) is 12.8 Å². The number of amides is 1. The molecule has 6 heteroatoms. The quantitative estimate of drug-likeness (QED) is 0.776. The number of hydrogen-bond acceptors (Lipinski definition) is 4. The van der Waals surface area contributed by atoms with Crippen molar-refractivity contribution in [1.29, 1.82) is 0 Å². The van der Waals surface area contributed by atoms with E-state index >= 15 is 0 Å². The molecule has 6 nitrogen and oxygen atoms in total. The highest BCUT2D eigenvalue weighted by molar-refractivity contribution is 5.77. The number of carbonyl (C=O) groups is 2. The van der Waals surface area contributed by atoms with Gasteiger partial charge in [0.15, 0.2) is 5.79 Å². The summed E-state index contributed by atoms with van der Waals surface area (Å²) in [7, 11) is 0. The third-order valence-electron chi connectivity index (χ3n) is 3.82. The summed E-state index contributed by atoms with van der Waals surface area (Å²) in [5, 5.41) is 11.2. The molecule has 1 aliphatic heterocycles. The molecule has 1 heterocycles. The maximum absolute atomic E-state index is 11.8. The Morgan fingerprint density at radius 2 is 2.00 bits per heavy atom. The van der Waals surface area contributed by atoms with E-state index < -0.39 is 11.8 Å². The molecule has 2 rings (SSSR count). The molecule has 1 saturated carbocycles. The van der Waals surface area contributed by atoms with Crippen molar-refractivity contribution in [3.8, 4) is 0 Å². The predicted molar refractivity (Wildman–Crippen MR) is 66.5 cm³/mol. The Kier molecular flexibility index (Phi) is 4.76. The number of hydrogen-bond donors (Lipinski definition) is 2. The van der Waals surface area contributed by atoms with Crippen molar-refractivity contribution in [2.24, 2.45) is 5.92 Å². The molecule has 0 aromatic heterocycles. The lowest BCUT2D eigenvalue weighted by Crippen LogP contribution is -2.44. The van der Waals surface area contributed by atoms with Gasteiger partial charge in [-0.25, -0.2) is 0 Å². The van der Waals surface area contributed by atoms with Crippen LogP contribution in [0.3, 0.4) is 0 Å². The SMILES string of the molecule is O=C(O)CCNC(=O)CC1CCCCC12OCCO2. The number of ether oxygens (including phenoxy) is 2. The lowest BCUT2D eigenvalue weighted by molar-refractivity contribution is -0.213. The Balaban J connectivity index is 1.82. The second-order valence-corrected chi connectivity index (χ2v) is 5.15. The molecule has 19 heavy (non-hydrogen) atoms. The number of carboxylic acids is 1. The van der Waals surface area contributed by atoms with E-state index in [2.05, 4.69) is 5.32 Å². The Bertz CT molecular complexity index is 338. The van der Waals surface area contributed by atoms with Gasteiger partial charge in [-0.3, -0.25) is 9.59 Å². The molecule has 1 saturated heterocycles. The summed E-state index contributed by atoms with van der Waals surface area (Å²) in [4.78, 5) is 22.2. The number of nitrogens with one attached hydrogen (secondary N) is 1. The van der Waals surface area contributed by atoms with Crippen LogP contribution in [0.15, 0.2) is 0 Å². The van der Waals surface area contributed by atoms with Crippen LogP contribution in [-0.4, -0.2) is 42.5 Å². The summed E-state index contributed by atoms with van der Waals surface area (Å²) in [5.41, 5.74) is 0. The molecule has 1 spiro atoms. The van der Waals surface area contributed by atoms with Crippen molar-refractivity contribution in [3.05, 3.63) is 0 Å². The van der Waals surface area contributed by atoms with Crippen LogP contribution in [0.1, 0.15) is 38.5 Å². The highest BCUT2D eigenvalue weighted by Gasteiger charge is 2.46. The number of carboxylic acid groups (broad SMARTS) is 1. The Morgan fingerprint density at radius 1 is 1.26 bits per heavy atom. The highest BCUT2D eigenvalue weighted by atomic mass is 16.7. The van der Waals surface area contributed by atoms with Crippen molar-refractivity contribution in [1.82, 2.24) is 5.32 Å². The third-order valence-corrected chi connectivity index (χ3v) is 3.82. The van der Waals surface area contributed by atoms with Crippen LogP contribution >= 0.6 is 0 Å². The summed E-state index contributed by atoms with van der Waals surface area (Å²) in [6, 6.07) is 0. The fourth-order valence-corrected chi connectivity index (χ4v) is 2.90. The van der Waals surface area contributed by atoms with Gasteiger partial charge in [-0.2, -0.15) is 0 Å². The van der Waals surface area contributed by atoms with Crippen molar-refractivity contribution in [3.63, 3.8) is 0 Å². The average molecular weight is 271 g/mol. The van der Waals surface area contributed by atoms with Gasteiger partial charge in [0.25, 0.3) is 0 Å².